The van der Waals surface area contributed by atoms with Crippen LogP contribution in [0.2, 0.25) is 5.28 Å². The Morgan fingerprint density at radius 2 is 2.27 bits per heavy atom. The second kappa shape index (κ2) is 5.96. The molecular formula is C15H17ClN4O2. The summed E-state index contributed by atoms with van der Waals surface area (Å²) in [6.45, 7) is 3.05. The lowest BCUT2D eigenvalue weighted by Gasteiger charge is -2.20. The molecule has 22 heavy (non-hydrogen) atoms. The first-order valence-electron chi connectivity index (χ1n) is 7.10. The Bertz CT molecular complexity index is 722. The summed E-state index contributed by atoms with van der Waals surface area (Å²) in [5, 5.41) is 4.06. The number of nitrogens with zero attached hydrogens (tertiary/aromatic N) is 3. The van der Waals surface area contributed by atoms with Gasteiger partial charge < -0.3 is 15.0 Å². The molecule has 1 aromatic heterocycles. The maximum Gasteiger partial charge on any atom is 0.224 e. The van der Waals surface area contributed by atoms with Gasteiger partial charge in [0.25, 0.3) is 0 Å². The Morgan fingerprint density at radius 3 is 3.00 bits per heavy atom. The number of anilines is 1. The van der Waals surface area contributed by atoms with Gasteiger partial charge in [0.2, 0.25) is 11.2 Å². The number of carbonyl (C=O) groups excluding carboxylic acids is 1. The molecule has 3 rings (SSSR count). The minimum absolute atomic E-state index is 0.0147. The molecule has 1 aromatic carbocycles. The van der Waals surface area contributed by atoms with Gasteiger partial charge in [-0.1, -0.05) is 0 Å². The predicted molar refractivity (Wildman–Crippen MR) is 85.5 cm³/mol. The van der Waals surface area contributed by atoms with Crippen molar-refractivity contribution < 1.29 is 9.53 Å². The molecule has 6 nitrogen and oxygen atoms in total. The highest BCUT2D eigenvalue weighted by atomic mass is 35.5. The Morgan fingerprint density at radius 1 is 1.45 bits per heavy atom. The van der Waals surface area contributed by atoms with E-state index >= 15 is 0 Å². The fourth-order valence-corrected chi connectivity index (χ4v) is 2.96. The van der Waals surface area contributed by atoms with Crippen LogP contribution in [0.5, 0.6) is 5.75 Å². The van der Waals surface area contributed by atoms with Crippen LogP contribution in [-0.4, -0.2) is 42.1 Å². The van der Waals surface area contributed by atoms with Crippen LogP contribution in [0, 0.1) is 0 Å². The quantitative estimate of drug-likeness (QED) is 0.876. The summed E-state index contributed by atoms with van der Waals surface area (Å²) in [5.41, 5.74) is 0.777. The topological polar surface area (TPSA) is 67.4 Å². The van der Waals surface area contributed by atoms with Crippen molar-refractivity contribution in [2.24, 2.45) is 0 Å². The molecule has 0 bridgehead atoms. The number of amides is 1. The molecule has 1 aliphatic heterocycles. The molecule has 2 aromatic rings. The molecule has 1 amide bonds. The van der Waals surface area contributed by atoms with E-state index in [0.717, 1.165) is 35.4 Å². The third-order valence-corrected chi connectivity index (χ3v) is 3.92. The SMILES string of the molecule is COc1ccc2nc(Cl)nc(N3CCC(NC(C)=O)C3)c2c1. The standard InChI is InChI=1S/C15H17ClN4O2/c1-9(21)17-10-5-6-20(8-10)14-12-7-11(22-2)3-4-13(12)18-15(16)19-14/h3-4,7,10H,5-6,8H2,1-2H3,(H,17,21). The van der Waals surface area contributed by atoms with E-state index in [9.17, 15) is 4.79 Å². The average Bonchev–Trinajstić information content (AvgIpc) is 2.93. The largest absolute Gasteiger partial charge is 0.497 e. The second-order valence-corrected chi connectivity index (χ2v) is 5.67. The maximum atomic E-state index is 11.2. The van der Waals surface area contributed by atoms with Crippen molar-refractivity contribution in [2.75, 3.05) is 25.1 Å². The number of hydrogen-bond donors (Lipinski definition) is 1. The summed E-state index contributed by atoms with van der Waals surface area (Å²) < 4.78 is 5.28. The van der Waals surface area contributed by atoms with Crippen LogP contribution in [0.1, 0.15) is 13.3 Å². The van der Waals surface area contributed by atoms with Gasteiger partial charge in [0.1, 0.15) is 11.6 Å². The number of methoxy groups -OCH3 is 1. The predicted octanol–water partition coefficient (Wildman–Crippen LogP) is 2.01. The van der Waals surface area contributed by atoms with Gasteiger partial charge in [-0.05, 0) is 36.2 Å². The molecule has 0 spiro atoms. The molecule has 0 saturated carbocycles. The number of benzene rings is 1. The molecule has 1 aliphatic rings. The van der Waals surface area contributed by atoms with Gasteiger partial charge in [0.15, 0.2) is 0 Å². The number of hydrogen-bond acceptors (Lipinski definition) is 5. The van der Waals surface area contributed by atoms with Gasteiger partial charge in [-0.15, -0.1) is 0 Å². The molecule has 1 unspecified atom stereocenters. The van der Waals surface area contributed by atoms with E-state index in [-0.39, 0.29) is 17.2 Å². The van der Waals surface area contributed by atoms with Gasteiger partial charge in [-0.25, -0.2) is 4.98 Å². The van der Waals surface area contributed by atoms with Crippen molar-refractivity contribution in [3.8, 4) is 5.75 Å². The fourth-order valence-electron chi connectivity index (χ4n) is 2.79. The molecular weight excluding hydrogens is 304 g/mol. The van der Waals surface area contributed by atoms with Crippen LogP contribution in [-0.2, 0) is 4.79 Å². The van der Waals surface area contributed by atoms with E-state index < -0.39 is 0 Å². The number of carbonyl (C=O) groups is 1. The monoisotopic (exact) mass is 320 g/mol. The number of aromatic nitrogens is 2. The van der Waals surface area contributed by atoms with E-state index in [1.807, 2.05) is 18.2 Å². The van der Waals surface area contributed by atoms with Crippen molar-refractivity contribution in [1.29, 1.82) is 0 Å². The highest BCUT2D eigenvalue weighted by molar-refractivity contribution is 6.28. The van der Waals surface area contributed by atoms with E-state index in [1.54, 1.807) is 7.11 Å². The number of nitrogens with one attached hydrogen (secondary N) is 1. The van der Waals surface area contributed by atoms with Crippen molar-refractivity contribution in [3.63, 3.8) is 0 Å². The van der Waals surface area contributed by atoms with Crippen molar-refractivity contribution >= 4 is 34.2 Å². The minimum Gasteiger partial charge on any atom is -0.497 e. The zero-order valence-corrected chi connectivity index (χ0v) is 13.2. The third-order valence-electron chi connectivity index (χ3n) is 3.75. The van der Waals surface area contributed by atoms with Crippen LogP contribution in [0.25, 0.3) is 10.9 Å². The molecule has 1 N–H and O–H groups in total. The van der Waals surface area contributed by atoms with Gasteiger partial charge in [-0.3, -0.25) is 4.79 Å². The molecule has 116 valence electrons. The smallest absolute Gasteiger partial charge is 0.224 e. The Labute approximate surface area is 133 Å². The first kappa shape index (κ1) is 14.8. The molecule has 1 saturated heterocycles. The third kappa shape index (κ3) is 2.92. The van der Waals surface area contributed by atoms with Crippen LogP contribution >= 0.6 is 11.6 Å². The molecule has 0 aliphatic carbocycles. The lowest BCUT2D eigenvalue weighted by molar-refractivity contribution is -0.119. The summed E-state index contributed by atoms with van der Waals surface area (Å²) in [5.74, 6) is 1.51. The van der Waals surface area contributed by atoms with Gasteiger partial charge in [-0.2, -0.15) is 4.98 Å². The van der Waals surface area contributed by atoms with Crippen LogP contribution in [0.4, 0.5) is 5.82 Å². The highest BCUT2D eigenvalue weighted by Gasteiger charge is 2.26. The second-order valence-electron chi connectivity index (χ2n) is 5.33. The highest BCUT2D eigenvalue weighted by Crippen LogP contribution is 2.30. The molecule has 2 heterocycles. The molecule has 1 atom stereocenters. The van der Waals surface area contributed by atoms with Crippen LogP contribution in [0.15, 0.2) is 18.2 Å². The average molecular weight is 321 g/mol. The molecule has 7 heteroatoms. The fraction of sp³-hybridized carbons (Fsp3) is 0.400. The van der Waals surface area contributed by atoms with Crippen molar-refractivity contribution in [3.05, 3.63) is 23.5 Å². The number of halogens is 1. The Hall–Kier alpha value is -2.08. The lowest BCUT2D eigenvalue weighted by Crippen LogP contribution is -2.35. The minimum atomic E-state index is -0.0147. The zero-order chi connectivity index (χ0) is 15.7. The lowest BCUT2D eigenvalue weighted by atomic mass is 10.2. The maximum absolute atomic E-state index is 11.2. The number of fused-ring (bicyclic) bond motifs is 1. The summed E-state index contributed by atoms with van der Waals surface area (Å²) in [4.78, 5) is 22.0. The van der Waals surface area contributed by atoms with E-state index in [4.69, 9.17) is 16.3 Å². The zero-order valence-electron chi connectivity index (χ0n) is 12.5. The van der Waals surface area contributed by atoms with Gasteiger partial charge >= 0.3 is 0 Å². The molecule has 0 radical (unpaired) electrons. The van der Waals surface area contributed by atoms with E-state index in [0.29, 0.717) is 6.54 Å². The van der Waals surface area contributed by atoms with Crippen molar-refractivity contribution in [1.82, 2.24) is 15.3 Å². The molecule has 1 fully saturated rings. The van der Waals surface area contributed by atoms with Gasteiger partial charge in [0.05, 0.1) is 12.6 Å². The summed E-state index contributed by atoms with van der Waals surface area (Å²) in [6, 6.07) is 5.76. The Balaban J connectivity index is 1.97. The Kier molecular flexibility index (Phi) is 4.02. The summed E-state index contributed by atoms with van der Waals surface area (Å²) in [6.07, 6.45) is 0.882. The van der Waals surface area contributed by atoms with Crippen LogP contribution < -0.4 is 15.0 Å². The number of rotatable bonds is 3. The normalized spacial score (nSPS) is 17.8. The number of ether oxygens (including phenoxy) is 1. The first-order chi connectivity index (χ1) is 10.6. The summed E-state index contributed by atoms with van der Waals surface area (Å²) >= 11 is 6.05. The van der Waals surface area contributed by atoms with Gasteiger partial charge in [0, 0.05) is 31.4 Å². The van der Waals surface area contributed by atoms with Crippen LogP contribution in [0.3, 0.4) is 0 Å². The first-order valence-corrected chi connectivity index (χ1v) is 7.48. The van der Waals surface area contributed by atoms with E-state index in [1.165, 1.54) is 6.92 Å². The summed E-state index contributed by atoms with van der Waals surface area (Å²) in [7, 11) is 1.63. The van der Waals surface area contributed by atoms with E-state index in [2.05, 4.69) is 20.2 Å². The van der Waals surface area contributed by atoms with Crippen molar-refractivity contribution in [2.45, 2.75) is 19.4 Å².